The Kier molecular flexibility index (Phi) is 6.48. The van der Waals surface area contributed by atoms with Crippen LogP contribution in [-0.4, -0.2) is 55.2 Å². The van der Waals surface area contributed by atoms with Gasteiger partial charge in [0.05, 0.1) is 18.0 Å². The van der Waals surface area contributed by atoms with Crippen molar-refractivity contribution in [3.8, 4) is 11.6 Å². The van der Waals surface area contributed by atoms with E-state index >= 15 is 0 Å². The summed E-state index contributed by atoms with van der Waals surface area (Å²) >= 11 is 1.73. The molecule has 1 saturated carbocycles. The Morgan fingerprint density at radius 3 is 2.79 bits per heavy atom. The Labute approximate surface area is 254 Å². The van der Waals surface area contributed by atoms with Crippen molar-refractivity contribution in [1.82, 2.24) is 24.9 Å². The molecule has 0 bridgehead atoms. The third-order valence-corrected chi connectivity index (χ3v) is 10.1. The molecule has 1 aliphatic heterocycles. The number of esters is 1. The molecule has 0 amide bonds. The molecule has 10 heteroatoms. The SMILES string of the molecule is COC(=O)C(C)(C)[C@@H](c1cc(CN2Cc3nc(O)ccc3OC3(CC3)C2)c2sccc2c1)c1ccc2c(nnn2C)c1C. The maximum Gasteiger partial charge on any atom is 0.312 e. The number of aromatic nitrogens is 4. The highest BCUT2D eigenvalue weighted by Gasteiger charge is 2.49. The molecule has 222 valence electrons. The van der Waals surface area contributed by atoms with Crippen molar-refractivity contribution >= 4 is 38.4 Å². The van der Waals surface area contributed by atoms with Gasteiger partial charge in [0.15, 0.2) is 0 Å². The molecule has 3 aromatic heterocycles. The second-order valence-electron chi connectivity index (χ2n) is 12.6. The number of fused-ring (bicyclic) bond motifs is 3. The number of benzene rings is 2. The van der Waals surface area contributed by atoms with Gasteiger partial charge >= 0.3 is 5.97 Å². The largest absolute Gasteiger partial charge is 0.493 e. The van der Waals surface area contributed by atoms with E-state index in [0.717, 1.165) is 63.9 Å². The third-order valence-electron chi connectivity index (χ3n) is 9.14. The van der Waals surface area contributed by atoms with Crippen molar-refractivity contribution in [2.75, 3.05) is 13.7 Å². The van der Waals surface area contributed by atoms with Gasteiger partial charge in [0, 0.05) is 43.4 Å². The summed E-state index contributed by atoms with van der Waals surface area (Å²) in [7, 11) is 3.34. The molecule has 7 rings (SSSR count). The van der Waals surface area contributed by atoms with Crippen molar-refractivity contribution < 1.29 is 19.4 Å². The first kappa shape index (κ1) is 27.8. The standard InChI is InChI=1S/C33H35N5O4S/c1-19-23(6-7-25-29(19)35-36-37(25)4)28(32(2,3)31(40)41-5)21-14-20-10-13-43-30(20)22(15-21)16-38-17-24-26(8-9-27(39)34-24)42-33(18-38)11-12-33/h6-10,13-15,28H,11-12,16-18H2,1-5H3,(H,34,39)/t28-/m0/s1. The Hall–Kier alpha value is -4.02. The van der Waals surface area contributed by atoms with Gasteiger partial charge in [-0.25, -0.2) is 9.67 Å². The zero-order chi connectivity index (χ0) is 30.1. The van der Waals surface area contributed by atoms with Gasteiger partial charge in [-0.15, -0.1) is 16.4 Å². The lowest BCUT2D eigenvalue weighted by molar-refractivity contribution is -0.151. The molecule has 9 nitrogen and oxygen atoms in total. The smallest absolute Gasteiger partial charge is 0.312 e. The number of rotatable bonds is 6. The molecule has 2 aromatic carbocycles. The molecule has 1 N–H and O–H groups in total. The zero-order valence-corrected chi connectivity index (χ0v) is 25.9. The lowest BCUT2D eigenvalue weighted by Crippen LogP contribution is -2.35. The summed E-state index contributed by atoms with van der Waals surface area (Å²) in [5.41, 5.74) is 5.70. The minimum Gasteiger partial charge on any atom is -0.493 e. The Morgan fingerprint density at radius 2 is 2.02 bits per heavy atom. The number of thiophene rings is 1. The van der Waals surface area contributed by atoms with Gasteiger partial charge in [0.1, 0.15) is 22.6 Å². The molecule has 4 heterocycles. The topological polar surface area (TPSA) is 103 Å². The molecular weight excluding hydrogens is 562 g/mol. The van der Waals surface area contributed by atoms with Crippen LogP contribution in [0.2, 0.25) is 0 Å². The molecule has 1 fully saturated rings. The molecular formula is C33H35N5O4S. The van der Waals surface area contributed by atoms with Crippen LogP contribution in [-0.2, 0) is 29.7 Å². The number of nitrogens with zero attached hydrogens (tertiary/aromatic N) is 5. The number of carbonyl (C=O) groups is 1. The van der Waals surface area contributed by atoms with Gasteiger partial charge in [-0.2, -0.15) is 0 Å². The number of hydrogen-bond donors (Lipinski definition) is 1. The summed E-state index contributed by atoms with van der Waals surface area (Å²) in [6, 6.07) is 14.2. The van der Waals surface area contributed by atoms with E-state index in [0.29, 0.717) is 13.1 Å². The highest BCUT2D eigenvalue weighted by Crippen LogP contribution is 2.47. The molecule has 0 unspecified atom stereocenters. The highest BCUT2D eigenvalue weighted by atomic mass is 32.1. The fourth-order valence-corrected chi connectivity index (χ4v) is 7.66. The van der Waals surface area contributed by atoms with Crippen molar-refractivity contribution in [2.45, 2.75) is 58.2 Å². The van der Waals surface area contributed by atoms with Gasteiger partial charge in [-0.1, -0.05) is 17.3 Å². The Morgan fingerprint density at radius 1 is 1.21 bits per heavy atom. The van der Waals surface area contributed by atoms with E-state index in [-0.39, 0.29) is 23.4 Å². The van der Waals surface area contributed by atoms with Crippen LogP contribution in [0.5, 0.6) is 11.6 Å². The monoisotopic (exact) mass is 597 g/mol. The maximum atomic E-state index is 13.4. The average molecular weight is 598 g/mol. The van der Waals surface area contributed by atoms with E-state index in [4.69, 9.17) is 9.47 Å². The molecule has 2 aliphatic rings. The number of pyridine rings is 1. The second-order valence-corrected chi connectivity index (χ2v) is 13.5. The van der Waals surface area contributed by atoms with Crippen molar-refractivity contribution in [3.05, 3.63) is 75.8 Å². The van der Waals surface area contributed by atoms with E-state index < -0.39 is 5.41 Å². The molecule has 1 spiro atoms. The highest BCUT2D eigenvalue weighted by molar-refractivity contribution is 7.17. The molecule has 1 aliphatic carbocycles. The van der Waals surface area contributed by atoms with Crippen molar-refractivity contribution in [3.63, 3.8) is 0 Å². The summed E-state index contributed by atoms with van der Waals surface area (Å²) in [5, 5.41) is 22.1. The summed E-state index contributed by atoms with van der Waals surface area (Å²) < 4.78 is 14.8. The zero-order valence-electron chi connectivity index (χ0n) is 25.0. The normalized spacial score (nSPS) is 17.0. The lowest BCUT2D eigenvalue weighted by atomic mass is 9.69. The summed E-state index contributed by atoms with van der Waals surface area (Å²) in [5.74, 6) is 0.185. The summed E-state index contributed by atoms with van der Waals surface area (Å²) in [6.07, 6.45) is 2.00. The van der Waals surface area contributed by atoms with Crippen LogP contribution in [0.1, 0.15) is 60.6 Å². The minimum atomic E-state index is -0.870. The van der Waals surface area contributed by atoms with Crippen molar-refractivity contribution in [2.24, 2.45) is 12.5 Å². The molecule has 5 aromatic rings. The molecule has 0 saturated heterocycles. The predicted molar refractivity (Wildman–Crippen MR) is 165 cm³/mol. The molecule has 43 heavy (non-hydrogen) atoms. The second kappa shape index (κ2) is 10.0. The number of carbonyl (C=O) groups excluding carboxylic acids is 1. The van der Waals surface area contributed by atoms with E-state index in [2.05, 4.69) is 56.8 Å². The van der Waals surface area contributed by atoms with E-state index in [1.54, 1.807) is 22.1 Å². The van der Waals surface area contributed by atoms with Crippen LogP contribution < -0.4 is 4.74 Å². The first-order chi connectivity index (χ1) is 20.6. The van der Waals surface area contributed by atoms with Crippen LogP contribution in [0, 0.1) is 12.3 Å². The van der Waals surface area contributed by atoms with E-state index in [1.807, 2.05) is 33.0 Å². The fraction of sp³-hybridized carbons (Fsp3) is 0.394. The first-order valence-electron chi connectivity index (χ1n) is 14.6. The quantitative estimate of drug-likeness (QED) is 0.243. The van der Waals surface area contributed by atoms with E-state index in [1.165, 1.54) is 17.4 Å². The number of aromatic hydroxyl groups is 1. The first-order valence-corrected chi connectivity index (χ1v) is 15.4. The lowest BCUT2D eigenvalue weighted by Gasteiger charge is -2.34. The molecule has 1 atom stereocenters. The Bertz CT molecular complexity index is 1890. The number of ether oxygens (including phenoxy) is 2. The van der Waals surface area contributed by atoms with E-state index in [9.17, 15) is 9.90 Å². The van der Waals surface area contributed by atoms with Gasteiger partial charge < -0.3 is 14.6 Å². The predicted octanol–water partition coefficient (Wildman–Crippen LogP) is 5.85. The van der Waals surface area contributed by atoms with Gasteiger partial charge in [0.2, 0.25) is 5.88 Å². The summed E-state index contributed by atoms with van der Waals surface area (Å²) in [6.45, 7) is 8.00. The van der Waals surface area contributed by atoms with Gasteiger partial charge in [-0.3, -0.25) is 9.69 Å². The number of methoxy groups -OCH3 is 1. The maximum absolute atomic E-state index is 13.4. The van der Waals surface area contributed by atoms with Crippen molar-refractivity contribution in [1.29, 1.82) is 0 Å². The van der Waals surface area contributed by atoms with Gasteiger partial charge in [-0.05, 0) is 90.9 Å². The fourth-order valence-electron chi connectivity index (χ4n) is 6.77. The minimum absolute atomic E-state index is 0.0000182. The van der Waals surface area contributed by atoms with Crippen LogP contribution in [0.4, 0.5) is 0 Å². The summed E-state index contributed by atoms with van der Waals surface area (Å²) in [4.78, 5) is 20.2. The van der Waals surface area contributed by atoms with Gasteiger partial charge in [0.25, 0.3) is 0 Å². The van der Waals surface area contributed by atoms with Crippen LogP contribution in [0.3, 0.4) is 0 Å². The number of hydrogen-bond acceptors (Lipinski definition) is 9. The average Bonchev–Trinajstić information content (AvgIpc) is 3.40. The number of aryl methyl sites for hydroxylation is 2. The third kappa shape index (κ3) is 4.73. The molecule has 0 radical (unpaired) electrons. The Balaban J connectivity index is 1.35. The van der Waals surface area contributed by atoms with Crippen LogP contribution in [0.15, 0.2) is 47.8 Å². The van der Waals surface area contributed by atoms with Crippen LogP contribution >= 0.6 is 11.3 Å². The van der Waals surface area contributed by atoms with Crippen LogP contribution in [0.25, 0.3) is 21.1 Å².